The number of halogens is 3. The normalized spacial score (nSPS) is 13.8. The molecule has 0 saturated carbocycles. The zero-order valence-corrected chi connectivity index (χ0v) is 11.9. The highest BCUT2D eigenvalue weighted by molar-refractivity contribution is 5.79. The summed E-state index contributed by atoms with van der Waals surface area (Å²) in [5.41, 5.74) is 6.01. The summed E-state index contributed by atoms with van der Waals surface area (Å²) in [6.45, 7) is 2.46. The number of anilines is 1. The van der Waals surface area contributed by atoms with Crippen molar-refractivity contribution in [2.75, 3.05) is 19.5 Å². The minimum Gasteiger partial charge on any atom is -0.383 e. The Morgan fingerprint density at radius 1 is 1.38 bits per heavy atom. The number of alkyl halides is 3. The second kappa shape index (κ2) is 5.93. The van der Waals surface area contributed by atoms with Gasteiger partial charge in [-0.15, -0.1) is 0 Å². The Balaban J connectivity index is 2.52. The molecule has 2 aromatic rings. The summed E-state index contributed by atoms with van der Waals surface area (Å²) in [6, 6.07) is 3.45. The Hall–Kier alpha value is -1.76. The molecule has 0 spiro atoms. The number of fused-ring (bicyclic) bond motifs is 1. The van der Waals surface area contributed by atoms with E-state index >= 15 is 0 Å². The molecule has 0 amide bonds. The van der Waals surface area contributed by atoms with Crippen LogP contribution in [0.5, 0.6) is 0 Å². The zero-order valence-electron chi connectivity index (χ0n) is 11.9. The quantitative estimate of drug-likeness (QED) is 0.917. The van der Waals surface area contributed by atoms with E-state index in [4.69, 9.17) is 10.5 Å². The minimum atomic E-state index is -4.39. The van der Waals surface area contributed by atoms with Crippen molar-refractivity contribution in [2.24, 2.45) is 0 Å². The molecule has 2 N–H and O–H groups in total. The van der Waals surface area contributed by atoms with Crippen LogP contribution in [0.1, 0.15) is 31.4 Å². The van der Waals surface area contributed by atoms with E-state index in [1.165, 1.54) is 6.07 Å². The number of ether oxygens (including phenoxy) is 1. The molecule has 1 unspecified atom stereocenters. The number of imidazole rings is 1. The molecule has 0 radical (unpaired) electrons. The average molecular weight is 301 g/mol. The van der Waals surface area contributed by atoms with E-state index in [-0.39, 0.29) is 17.5 Å². The average Bonchev–Trinajstić information content (AvgIpc) is 2.72. The van der Waals surface area contributed by atoms with E-state index < -0.39 is 11.7 Å². The molecule has 2 rings (SSSR count). The highest BCUT2D eigenvalue weighted by Gasteiger charge is 2.31. The van der Waals surface area contributed by atoms with E-state index in [9.17, 15) is 13.2 Å². The van der Waals surface area contributed by atoms with Gasteiger partial charge in [0.1, 0.15) is 0 Å². The minimum absolute atomic E-state index is 0.0401. The van der Waals surface area contributed by atoms with Crippen LogP contribution in [0.4, 0.5) is 19.1 Å². The van der Waals surface area contributed by atoms with Crippen molar-refractivity contribution in [3.8, 4) is 0 Å². The van der Waals surface area contributed by atoms with Crippen molar-refractivity contribution in [3.05, 3.63) is 23.8 Å². The fourth-order valence-electron chi connectivity index (χ4n) is 2.49. The maximum atomic E-state index is 12.7. The molecule has 0 aliphatic heterocycles. The summed E-state index contributed by atoms with van der Waals surface area (Å²) in [6.07, 6.45) is -2.67. The SMILES string of the molecule is CCCC(COC)n1c(N)nc2cc(C(F)(F)F)ccc21. The van der Waals surface area contributed by atoms with Crippen molar-refractivity contribution in [1.29, 1.82) is 0 Å². The molecule has 21 heavy (non-hydrogen) atoms. The highest BCUT2D eigenvalue weighted by atomic mass is 19.4. The Labute approximate surface area is 120 Å². The molecule has 1 aromatic heterocycles. The number of aromatic nitrogens is 2. The first kappa shape index (κ1) is 15.6. The Morgan fingerprint density at radius 3 is 2.67 bits per heavy atom. The molecule has 1 atom stereocenters. The monoisotopic (exact) mass is 301 g/mol. The van der Waals surface area contributed by atoms with Gasteiger partial charge in [0, 0.05) is 7.11 Å². The molecule has 0 aliphatic rings. The van der Waals surface area contributed by atoms with E-state index in [0.29, 0.717) is 12.1 Å². The van der Waals surface area contributed by atoms with Crippen molar-refractivity contribution in [3.63, 3.8) is 0 Å². The van der Waals surface area contributed by atoms with Crippen LogP contribution in [0, 0.1) is 0 Å². The Kier molecular flexibility index (Phi) is 4.41. The predicted octanol–water partition coefficient (Wildman–Crippen LogP) is 3.62. The fraction of sp³-hybridized carbons (Fsp3) is 0.500. The van der Waals surface area contributed by atoms with Gasteiger partial charge in [-0.2, -0.15) is 13.2 Å². The van der Waals surface area contributed by atoms with Crippen LogP contribution in [0.25, 0.3) is 11.0 Å². The van der Waals surface area contributed by atoms with Crippen LogP contribution in [0.2, 0.25) is 0 Å². The number of nitrogens with zero attached hydrogens (tertiary/aromatic N) is 2. The molecule has 116 valence electrons. The first-order chi connectivity index (χ1) is 9.88. The van der Waals surface area contributed by atoms with Crippen molar-refractivity contribution < 1.29 is 17.9 Å². The lowest BCUT2D eigenvalue weighted by molar-refractivity contribution is -0.137. The van der Waals surface area contributed by atoms with E-state index in [0.717, 1.165) is 25.0 Å². The van der Waals surface area contributed by atoms with Crippen LogP contribution in [-0.2, 0) is 10.9 Å². The maximum Gasteiger partial charge on any atom is 0.416 e. The lowest BCUT2D eigenvalue weighted by Crippen LogP contribution is -2.16. The van der Waals surface area contributed by atoms with Gasteiger partial charge >= 0.3 is 6.18 Å². The van der Waals surface area contributed by atoms with Gasteiger partial charge in [-0.1, -0.05) is 13.3 Å². The largest absolute Gasteiger partial charge is 0.416 e. The number of nitrogens with two attached hydrogens (primary N) is 1. The van der Waals surface area contributed by atoms with Crippen molar-refractivity contribution in [1.82, 2.24) is 9.55 Å². The van der Waals surface area contributed by atoms with E-state index in [2.05, 4.69) is 4.98 Å². The molecule has 1 heterocycles. The Morgan fingerprint density at radius 2 is 2.10 bits per heavy atom. The summed E-state index contributed by atoms with van der Waals surface area (Å²) < 4.78 is 45.1. The number of nitrogen functional groups attached to an aromatic ring is 1. The van der Waals surface area contributed by atoms with E-state index in [1.54, 1.807) is 11.7 Å². The van der Waals surface area contributed by atoms with Crippen molar-refractivity contribution >= 4 is 17.0 Å². The van der Waals surface area contributed by atoms with Gasteiger partial charge < -0.3 is 15.0 Å². The second-order valence-electron chi connectivity index (χ2n) is 4.94. The number of hydrogen-bond acceptors (Lipinski definition) is 3. The maximum absolute atomic E-state index is 12.7. The molecular formula is C14H18F3N3O. The summed E-state index contributed by atoms with van der Waals surface area (Å²) in [5.74, 6) is 0.208. The molecule has 1 aromatic carbocycles. The smallest absolute Gasteiger partial charge is 0.383 e. The third-order valence-corrected chi connectivity index (χ3v) is 3.39. The number of hydrogen-bond donors (Lipinski definition) is 1. The van der Waals surface area contributed by atoms with Crippen LogP contribution in [0.3, 0.4) is 0 Å². The van der Waals surface area contributed by atoms with Gasteiger partial charge in [0.15, 0.2) is 0 Å². The van der Waals surface area contributed by atoms with Gasteiger partial charge in [-0.3, -0.25) is 0 Å². The lowest BCUT2D eigenvalue weighted by atomic mass is 10.1. The fourth-order valence-corrected chi connectivity index (χ4v) is 2.49. The summed E-state index contributed by atoms with van der Waals surface area (Å²) in [7, 11) is 1.58. The van der Waals surface area contributed by atoms with Gasteiger partial charge in [-0.25, -0.2) is 4.98 Å². The number of rotatable bonds is 5. The third kappa shape index (κ3) is 3.12. The van der Waals surface area contributed by atoms with Gasteiger partial charge in [-0.05, 0) is 24.6 Å². The van der Waals surface area contributed by atoms with Crippen LogP contribution in [0.15, 0.2) is 18.2 Å². The van der Waals surface area contributed by atoms with Gasteiger partial charge in [0.2, 0.25) is 5.95 Å². The second-order valence-corrected chi connectivity index (χ2v) is 4.94. The summed E-state index contributed by atoms with van der Waals surface area (Å²) in [5, 5.41) is 0. The lowest BCUT2D eigenvalue weighted by Gasteiger charge is -2.19. The first-order valence-electron chi connectivity index (χ1n) is 6.72. The standard InChI is InChI=1S/C14H18F3N3O/c1-3-4-10(8-21-2)20-12-6-5-9(14(15,16)17)7-11(12)19-13(20)18/h5-7,10H,3-4,8H2,1-2H3,(H2,18,19). The summed E-state index contributed by atoms with van der Waals surface area (Å²) in [4.78, 5) is 4.06. The summed E-state index contributed by atoms with van der Waals surface area (Å²) >= 11 is 0. The molecule has 4 nitrogen and oxygen atoms in total. The predicted molar refractivity (Wildman–Crippen MR) is 75.0 cm³/mol. The third-order valence-electron chi connectivity index (χ3n) is 3.39. The van der Waals surface area contributed by atoms with Gasteiger partial charge in [0.05, 0.1) is 29.2 Å². The number of benzene rings is 1. The topological polar surface area (TPSA) is 53.1 Å². The van der Waals surface area contributed by atoms with Crippen molar-refractivity contribution in [2.45, 2.75) is 32.0 Å². The van der Waals surface area contributed by atoms with Crippen LogP contribution in [-0.4, -0.2) is 23.3 Å². The molecule has 0 aliphatic carbocycles. The van der Waals surface area contributed by atoms with Crippen LogP contribution < -0.4 is 5.73 Å². The molecule has 7 heteroatoms. The molecular weight excluding hydrogens is 283 g/mol. The Bertz CT molecular complexity index is 616. The van der Waals surface area contributed by atoms with Crippen LogP contribution >= 0.6 is 0 Å². The van der Waals surface area contributed by atoms with Gasteiger partial charge in [0.25, 0.3) is 0 Å². The molecule has 0 bridgehead atoms. The highest BCUT2D eigenvalue weighted by Crippen LogP contribution is 2.33. The molecule has 0 saturated heterocycles. The van der Waals surface area contributed by atoms with E-state index in [1.807, 2.05) is 6.92 Å². The molecule has 0 fully saturated rings. The zero-order chi connectivity index (χ0) is 15.6. The first-order valence-corrected chi connectivity index (χ1v) is 6.72. The number of methoxy groups -OCH3 is 1.